The van der Waals surface area contributed by atoms with Gasteiger partial charge in [-0.25, -0.2) is 10.2 Å². The number of benzene rings is 3. The van der Waals surface area contributed by atoms with E-state index in [2.05, 4.69) is 15.8 Å². The number of aryl methyl sites for hydroxylation is 1. The van der Waals surface area contributed by atoms with E-state index in [1.165, 1.54) is 13.3 Å². The van der Waals surface area contributed by atoms with E-state index < -0.39 is 11.9 Å². The van der Waals surface area contributed by atoms with Crippen molar-refractivity contribution < 1.29 is 23.9 Å². The Hall–Kier alpha value is -4.17. The molecule has 0 aromatic heterocycles. The van der Waals surface area contributed by atoms with E-state index in [0.717, 1.165) is 5.56 Å². The minimum atomic E-state index is -0.559. The first-order valence-electron chi connectivity index (χ1n) is 10.2. The van der Waals surface area contributed by atoms with Gasteiger partial charge in [0.25, 0.3) is 11.8 Å². The molecule has 0 aliphatic carbocycles. The van der Waals surface area contributed by atoms with Crippen molar-refractivity contribution in [2.24, 2.45) is 5.10 Å². The van der Waals surface area contributed by atoms with E-state index in [1.807, 2.05) is 13.0 Å². The Bertz CT molecular complexity index is 1230. The molecular weight excluding hydrogens is 458 g/mol. The molecule has 3 aromatic rings. The summed E-state index contributed by atoms with van der Waals surface area (Å²) >= 11 is 5.84. The zero-order valence-electron chi connectivity index (χ0n) is 18.5. The van der Waals surface area contributed by atoms with Crippen LogP contribution >= 0.6 is 11.6 Å². The highest BCUT2D eigenvalue weighted by atomic mass is 35.5. The summed E-state index contributed by atoms with van der Waals surface area (Å²) in [5.41, 5.74) is 4.69. The van der Waals surface area contributed by atoms with Crippen LogP contribution in [-0.2, 0) is 4.79 Å². The predicted octanol–water partition coefficient (Wildman–Crippen LogP) is 3.76. The number of halogens is 1. The molecule has 0 aliphatic rings. The highest BCUT2D eigenvalue weighted by Crippen LogP contribution is 2.28. The van der Waals surface area contributed by atoms with Gasteiger partial charge in [-0.1, -0.05) is 29.3 Å². The quantitative estimate of drug-likeness (QED) is 0.221. The van der Waals surface area contributed by atoms with Gasteiger partial charge in [0.1, 0.15) is 0 Å². The van der Waals surface area contributed by atoms with Crippen molar-refractivity contribution in [1.82, 2.24) is 10.7 Å². The van der Waals surface area contributed by atoms with Gasteiger partial charge < -0.3 is 14.8 Å². The van der Waals surface area contributed by atoms with Crippen LogP contribution in [0.4, 0.5) is 0 Å². The topological polar surface area (TPSA) is 106 Å². The summed E-state index contributed by atoms with van der Waals surface area (Å²) < 4.78 is 10.7. The largest absolute Gasteiger partial charge is 0.493 e. The van der Waals surface area contributed by atoms with Gasteiger partial charge in [-0.2, -0.15) is 5.10 Å². The molecule has 0 bridgehead atoms. The van der Waals surface area contributed by atoms with Crippen LogP contribution in [0.15, 0.2) is 71.8 Å². The maximum absolute atomic E-state index is 12.3. The lowest BCUT2D eigenvalue weighted by molar-refractivity contribution is -0.120. The Morgan fingerprint density at radius 3 is 2.44 bits per heavy atom. The van der Waals surface area contributed by atoms with Crippen molar-refractivity contribution in [2.45, 2.75) is 6.92 Å². The number of methoxy groups -OCH3 is 1. The number of hydrazone groups is 1. The van der Waals surface area contributed by atoms with Crippen LogP contribution in [0.3, 0.4) is 0 Å². The molecule has 34 heavy (non-hydrogen) atoms. The summed E-state index contributed by atoms with van der Waals surface area (Å²) in [6.45, 7) is 1.65. The number of esters is 1. The zero-order valence-corrected chi connectivity index (χ0v) is 19.3. The number of hydrogen-bond donors (Lipinski definition) is 2. The molecule has 2 N–H and O–H groups in total. The van der Waals surface area contributed by atoms with Crippen molar-refractivity contribution in [3.05, 3.63) is 94.0 Å². The maximum Gasteiger partial charge on any atom is 0.343 e. The van der Waals surface area contributed by atoms with Crippen LogP contribution in [0, 0.1) is 6.92 Å². The molecule has 174 valence electrons. The van der Waals surface area contributed by atoms with Gasteiger partial charge in [0, 0.05) is 10.6 Å². The minimum absolute atomic E-state index is 0.225. The van der Waals surface area contributed by atoms with Crippen LogP contribution < -0.4 is 20.2 Å². The maximum atomic E-state index is 12.3. The second-order valence-electron chi connectivity index (χ2n) is 7.15. The lowest BCUT2D eigenvalue weighted by Gasteiger charge is -2.10. The van der Waals surface area contributed by atoms with Crippen molar-refractivity contribution >= 4 is 35.6 Å². The fourth-order valence-electron chi connectivity index (χ4n) is 2.86. The molecule has 9 heteroatoms. The fraction of sp³-hybridized carbons (Fsp3) is 0.120. The first kappa shape index (κ1) is 24.5. The number of nitrogens with zero attached hydrogens (tertiary/aromatic N) is 1. The molecule has 0 spiro atoms. The summed E-state index contributed by atoms with van der Waals surface area (Å²) in [5, 5.41) is 6.92. The third kappa shape index (κ3) is 6.91. The van der Waals surface area contributed by atoms with Crippen LogP contribution in [-0.4, -0.2) is 37.7 Å². The number of rotatable bonds is 8. The van der Waals surface area contributed by atoms with Crippen molar-refractivity contribution in [3.8, 4) is 11.5 Å². The SMILES string of the molecule is COc1cc(/C=N\NC(=O)CNC(=O)c2cccc(C)c2)ccc1OC(=O)c1ccc(Cl)cc1. The van der Waals surface area contributed by atoms with Crippen LogP contribution in [0.5, 0.6) is 11.5 Å². The Kier molecular flexibility index (Phi) is 8.37. The molecule has 3 aromatic carbocycles. The molecule has 0 heterocycles. The van der Waals surface area contributed by atoms with Crippen molar-refractivity contribution in [3.63, 3.8) is 0 Å². The molecule has 0 radical (unpaired) electrons. The number of hydrogen-bond acceptors (Lipinski definition) is 6. The predicted molar refractivity (Wildman–Crippen MR) is 129 cm³/mol. The zero-order chi connectivity index (χ0) is 24.5. The van der Waals surface area contributed by atoms with E-state index in [4.69, 9.17) is 21.1 Å². The highest BCUT2D eigenvalue weighted by Gasteiger charge is 2.13. The van der Waals surface area contributed by atoms with Crippen LogP contribution in [0.1, 0.15) is 31.8 Å². The Morgan fingerprint density at radius 1 is 0.971 bits per heavy atom. The summed E-state index contributed by atoms with van der Waals surface area (Å²) in [5.74, 6) is -0.865. The molecule has 0 saturated heterocycles. The first-order chi connectivity index (χ1) is 16.4. The summed E-state index contributed by atoms with van der Waals surface area (Å²) in [4.78, 5) is 36.4. The van der Waals surface area contributed by atoms with E-state index in [9.17, 15) is 14.4 Å². The number of amides is 2. The molecule has 0 fully saturated rings. The molecule has 0 atom stereocenters. The van der Waals surface area contributed by atoms with E-state index in [1.54, 1.807) is 60.7 Å². The number of nitrogens with one attached hydrogen (secondary N) is 2. The first-order valence-corrected chi connectivity index (χ1v) is 10.6. The summed E-state index contributed by atoms with van der Waals surface area (Å²) in [7, 11) is 1.44. The molecule has 0 aliphatic heterocycles. The molecule has 8 nitrogen and oxygen atoms in total. The van der Waals surface area contributed by atoms with Gasteiger partial charge in [0.2, 0.25) is 0 Å². The van der Waals surface area contributed by atoms with Crippen LogP contribution in [0.25, 0.3) is 0 Å². The molecule has 0 saturated carbocycles. The number of ether oxygens (including phenoxy) is 2. The highest BCUT2D eigenvalue weighted by molar-refractivity contribution is 6.30. The normalized spacial score (nSPS) is 10.6. The van der Waals surface area contributed by atoms with E-state index in [-0.39, 0.29) is 18.2 Å². The third-order valence-electron chi connectivity index (χ3n) is 4.56. The smallest absolute Gasteiger partial charge is 0.343 e. The second-order valence-corrected chi connectivity index (χ2v) is 7.59. The monoisotopic (exact) mass is 479 g/mol. The second kappa shape index (κ2) is 11.6. The van der Waals surface area contributed by atoms with Crippen molar-refractivity contribution in [2.75, 3.05) is 13.7 Å². The van der Waals surface area contributed by atoms with Gasteiger partial charge in [-0.3, -0.25) is 9.59 Å². The molecule has 0 unspecified atom stereocenters. The van der Waals surface area contributed by atoms with Gasteiger partial charge in [0.15, 0.2) is 11.5 Å². The Balaban J connectivity index is 1.54. The third-order valence-corrected chi connectivity index (χ3v) is 4.81. The average molecular weight is 480 g/mol. The number of carbonyl (C=O) groups excluding carboxylic acids is 3. The lowest BCUT2D eigenvalue weighted by atomic mass is 10.1. The molecular formula is C25H22ClN3O5. The Morgan fingerprint density at radius 2 is 1.74 bits per heavy atom. The summed E-state index contributed by atoms with van der Waals surface area (Å²) in [6.07, 6.45) is 1.40. The van der Waals surface area contributed by atoms with Gasteiger partial charge >= 0.3 is 5.97 Å². The number of carbonyl (C=O) groups is 3. The van der Waals surface area contributed by atoms with Gasteiger partial charge in [-0.15, -0.1) is 0 Å². The minimum Gasteiger partial charge on any atom is -0.493 e. The fourth-order valence-corrected chi connectivity index (χ4v) is 2.99. The Labute approximate surface area is 201 Å². The lowest BCUT2D eigenvalue weighted by Crippen LogP contribution is -2.34. The van der Waals surface area contributed by atoms with E-state index >= 15 is 0 Å². The van der Waals surface area contributed by atoms with Gasteiger partial charge in [0.05, 0.1) is 25.4 Å². The molecule has 3 rings (SSSR count). The van der Waals surface area contributed by atoms with Crippen LogP contribution in [0.2, 0.25) is 5.02 Å². The molecule has 2 amide bonds. The van der Waals surface area contributed by atoms with Crippen molar-refractivity contribution in [1.29, 1.82) is 0 Å². The standard InChI is InChI=1S/C25H22ClN3O5/c1-16-4-3-5-19(12-16)24(31)27-15-23(30)29-28-14-17-6-11-21(22(13-17)33-2)34-25(32)18-7-9-20(26)10-8-18/h3-14H,15H2,1-2H3,(H,27,31)(H,29,30)/b28-14-. The van der Waals surface area contributed by atoms with E-state index in [0.29, 0.717) is 27.5 Å². The average Bonchev–Trinajstić information content (AvgIpc) is 2.83. The van der Waals surface area contributed by atoms with Gasteiger partial charge in [-0.05, 0) is 67.1 Å². The summed E-state index contributed by atoms with van der Waals surface area (Å²) in [6, 6.07) is 18.1.